The Balaban J connectivity index is 0.00000208. The first-order chi connectivity index (χ1) is 11.2. The van der Waals surface area contributed by atoms with Crippen molar-refractivity contribution in [2.75, 3.05) is 17.2 Å². The van der Waals surface area contributed by atoms with E-state index in [-0.39, 0.29) is 12.4 Å². The Morgan fingerprint density at radius 1 is 1.29 bits per heavy atom. The van der Waals surface area contributed by atoms with Gasteiger partial charge in [-0.05, 0) is 17.7 Å². The number of aryl methyl sites for hydroxylation is 1. The van der Waals surface area contributed by atoms with Gasteiger partial charge in [0.05, 0.1) is 11.6 Å². The van der Waals surface area contributed by atoms with E-state index in [1.807, 2.05) is 31.3 Å². The van der Waals surface area contributed by atoms with Crippen LogP contribution in [0.25, 0.3) is 11.0 Å². The van der Waals surface area contributed by atoms with Crippen molar-refractivity contribution in [3.63, 3.8) is 0 Å². The van der Waals surface area contributed by atoms with Crippen molar-refractivity contribution < 1.29 is 0 Å². The van der Waals surface area contributed by atoms with Crippen LogP contribution in [0, 0.1) is 0 Å². The van der Waals surface area contributed by atoms with E-state index in [1.54, 1.807) is 17.0 Å². The van der Waals surface area contributed by atoms with Gasteiger partial charge in [-0.25, -0.2) is 0 Å². The molecule has 0 aliphatic carbocycles. The molecule has 0 fully saturated rings. The van der Waals surface area contributed by atoms with Gasteiger partial charge in [0, 0.05) is 25.2 Å². The number of aromatic nitrogens is 4. The second kappa shape index (κ2) is 7.99. The van der Waals surface area contributed by atoms with Crippen LogP contribution in [0.1, 0.15) is 5.56 Å². The smallest absolute Gasteiger partial charge is 0.226 e. The number of rotatable bonds is 6. The van der Waals surface area contributed by atoms with E-state index in [0.29, 0.717) is 24.1 Å². The SMILES string of the molecule is C=CCNc1nc(NCc2cccc(Cl)c2)c2cnn(C)c2n1.Cl. The molecule has 2 N–H and O–H groups in total. The molecular formula is C16H18Cl2N6. The Bertz CT molecular complexity index is 846. The molecule has 3 rings (SSSR count). The molecule has 1 aromatic carbocycles. The number of hydrogen-bond acceptors (Lipinski definition) is 5. The van der Waals surface area contributed by atoms with Crippen LogP contribution in [0.3, 0.4) is 0 Å². The molecule has 0 aliphatic heterocycles. The van der Waals surface area contributed by atoms with Crippen LogP contribution in [0.4, 0.5) is 11.8 Å². The molecular weight excluding hydrogens is 347 g/mol. The molecule has 0 amide bonds. The molecule has 0 bridgehead atoms. The molecule has 0 atom stereocenters. The predicted molar refractivity (Wildman–Crippen MR) is 101 cm³/mol. The van der Waals surface area contributed by atoms with Crippen molar-refractivity contribution in [2.45, 2.75) is 6.54 Å². The van der Waals surface area contributed by atoms with Crippen LogP contribution in [0.15, 0.2) is 43.1 Å². The average Bonchev–Trinajstić information content (AvgIpc) is 2.92. The van der Waals surface area contributed by atoms with Crippen molar-refractivity contribution in [2.24, 2.45) is 7.05 Å². The fourth-order valence-corrected chi connectivity index (χ4v) is 2.45. The number of benzene rings is 1. The Hall–Kier alpha value is -2.31. The molecule has 0 saturated carbocycles. The highest BCUT2D eigenvalue weighted by Crippen LogP contribution is 2.22. The van der Waals surface area contributed by atoms with Crippen LogP contribution < -0.4 is 10.6 Å². The Kier molecular flexibility index (Phi) is 6.00. The number of nitrogens with zero attached hydrogens (tertiary/aromatic N) is 4. The highest BCUT2D eigenvalue weighted by atomic mass is 35.5. The first kappa shape index (κ1) is 18.0. The molecule has 2 heterocycles. The maximum atomic E-state index is 6.02. The highest BCUT2D eigenvalue weighted by molar-refractivity contribution is 6.30. The summed E-state index contributed by atoms with van der Waals surface area (Å²) in [5.74, 6) is 1.27. The van der Waals surface area contributed by atoms with Crippen molar-refractivity contribution >= 4 is 46.8 Å². The summed E-state index contributed by atoms with van der Waals surface area (Å²) in [6, 6.07) is 7.72. The van der Waals surface area contributed by atoms with Gasteiger partial charge in [-0.3, -0.25) is 4.68 Å². The summed E-state index contributed by atoms with van der Waals surface area (Å²) >= 11 is 6.02. The topological polar surface area (TPSA) is 67.7 Å². The molecule has 0 spiro atoms. The van der Waals surface area contributed by atoms with Gasteiger partial charge in [-0.2, -0.15) is 15.1 Å². The lowest BCUT2D eigenvalue weighted by molar-refractivity contribution is 0.785. The lowest BCUT2D eigenvalue weighted by Gasteiger charge is -2.10. The number of hydrogen-bond donors (Lipinski definition) is 2. The summed E-state index contributed by atoms with van der Waals surface area (Å²) in [6.07, 6.45) is 3.52. The van der Waals surface area contributed by atoms with Gasteiger partial charge in [-0.1, -0.05) is 29.8 Å². The summed E-state index contributed by atoms with van der Waals surface area (Å²) < 4.78 is 1.72. The van der Waals surface area contributed by atoms with Crippen LogP contribution in [-0.2, 0) is 13.6 Å². The minimum atomic E-state index is 0. The Labute approximate surface area is 151 Å². The van der Waals surface area contributed by atoms with E-state index in [1.165, 1.54) is 0 Å². The third-order valence-electron chi connectivity index (χ3n) is 3.35. The summed E-state index contributed by atoms with van der Waals surface area (Å²) in [5.41, 5.74) is 1.84. The minimum Gasteiger partial charge on any atom is -0.365 e. The first-order valence-corrected chi connectivity index (χ1v) is 7.58. The molecule has 3 aromatic rings. The fraction of sp³-hybridized carbons (Fsp3) is 0.188. The van der Waals surface area contributed by atoms with Crippen molar-refractivity contribution in [1.82, 2.24) is 19.7 Å². The second-order valence-corrected chi connectivity index (χ2v) is 5.49. The van der Waals surface area contributed by atoms with Gasteiger partial charge in [0.2, 0.25) is 5.95 Å². The highest BCUT2D eigenvalue weighted by Gasteiger charge is 2.11. The summed E-state index contributed by atoms with van der Waals surface area (Å²) in [5, 5.41) is 12.3. The Morgan fingerprint density at radius 3 is 2.88 bits per heavy atom. The first-order valence-electron chi connectivity index (χ1n) is 7.20. The monoisotopic (exact) mass is 364 g/mol. The minimum absolute atomic E-state index is 0. The van der Waals surface area contributed by atoms with E-state index in [9.17, 15) is 0 Å². The largest absolute Gasteiger partial charge is 0.365 e. The summed E-state index contributed by atoms with van der Waals surface area (Å²) in [6.45, 7) is 4.90. The van der Waals surface area contributed by atoms with Crippen molar-refractivity contribution in [3.05, 3.63) is 53.7 Å². The molecule has 0 aliphatic rings. The maximum absolute atomic E-state index is 6.02. The molecule has 8 heteroatoms. The number of anilines is 2. The van der Waals surface area contributed by atoms with E-state index in [4.69, 9.17) is 11.6 Å². The van der Waals surface area contributed by atoms with Gasteiger partial charge in [0.25, 0.3) is 0 Å². The lowest BCUT2D eigenvalue weighted by atomic mass is 10.2. The molecule has 0 saturated heterocycles. The zero-order chi connectivity index (χ0) is 16.2. The van der Waals surface area contributed by atoms with Crippen LogP contribution in [0.2, 0.25) is 5.02 Å². The third-order valence-corrected chi connectivity index (χ3v) is 3.58. The van der Waals surface area contributed by atoms with Crippen LogP contribution in [0.5, 0.6) is 0 Å². The van der Waals surface area contributed by atoms with E-state index < -0.39 is 0 Å². The molecule has 2 aromatic heterocycles. The summed E-state index contributed by atoms with van der Waals surface area (Å²) in [4.78, 5) is 8.99. The van der Waals surface area contributed by atoms with Crippen molar-refractivity contribution in [3.8, 4) is 0 Å². The zero-order valence-electron chi connectivity index (χ0n) is 13.2. The lowest BCUT2D eigenvalue weighted by Crippen LogP contribution is -2.08. The van der Waals surface area contributed by atoms with E-state index >= 15 is 0 Å². The number of fused-ring (bicyclic) bond motifs is 1. The number of halogens is 2. The zero-order valence-corrected chi connectivity index (χ0v) is 14.7. The molecule has 6 nitrogen and oxygen atoms in total. The molecule has 0 unspecified atom stereocenters. The normalized spacial score (nSPS) is 10.2. The van der Waals surface area contributed by atoms with Crippen molar-refractivity contribution in [1.29, 1.82) is 0 Å². The number of nitrogens with one attached hydrogen (secondary N) is 2. The summed E-state index contributed by atoms with van der Waals surface area (Å²) in [7, 11) is 1.85. The van der Waals surface area contributed by atoms with Gasteiger partial charge < -0.3 is 10.6 Å². The van der Waals surface area contributed by atoms with E-state index in [0.717, 1.165) is 22.4 Å². The van der Waals surface area contributed by atoms with Crippen LogP contribution in [-0.4, -0.2) is 26.3 Å². The predicted octanol–water partition coefficient (Wildman–Crippen LogP) is 3.65. The molecule has 24 heavy (non-hydrogen) atoms. The van der Waals surface area contributed by atoms with Gasteiger partial charge in [0.1, 0.15) is 5.82 Å². The van der Waals surface area contributed by atoms with Gasteiger partial charge in [-0.15, -0.1) is 19.0 Å². The van der Waals surface area contributed by atoms with Gasteiger partial charge in [0.15, 0.2) is 5.65 Å². The standard InChI is InChI=1S/C16H17ClN6.ClH/c1-3-7-18-16-21-14(13-10-20-23(2)15(13)22-16)19-9-11-5-4-6-12(17)8-11;/h3-6,8,10H,1,7,9H2,2H3,(H2,18,19,21,22);1H. The second-order valence-electron chi connectivity index (χ2n) is 5.05. The van der Waals surface area contributed by atoms with Crippen LogP contribution >= 0.6 is 24.0 Å². The molecule has 0 radical (unpaired) electrons. The average molecular weight is 365 g/mol. The Morgan fingerprint density at radius 2 is 2.12 bits per heavy atom. The van der Waals surface area contributed by atoms with E-state index in [2.05, 4.69) is 32.3 Å². The fourth-order valence-electron chi connectivity index (χ4n) is 2.23. The molecule has 126 valence electrons. The maximum Gasteiger partial charge on any atom is 0.226 e. The quantitative estimate of drug-likeness (QED) is 0.653. The van der Waals surface area contributed by atoms with Gasteiger partial charge >= 0.3 is 0 Å². The third kappa shape index (κ3) is 3.96.